The molecule has 0 atom stereocenters. The number of benzene rings is 2. The van der Waals surface area contributed by atoms with E-state index in [2.05, 4.69) is 16.3 Å². The van der Waals surface area contributed by atoms with Crippen molar-refractivity contribution in [1.82, 2.24) is 10.2 Å². The summed E-state index contributed by atoms with van der Waals surface area (Å²) in [5.74, 6) is -0.339. The van der Waals surface area contributed by atoms with E-state index in [4.69, 9.17) is 4.74 Å². The molecule has 26 heavy (non-hydrogen) atoms. The molecule has 0 aliphatic rings. The standard InChI is InChI=1S/C21H21FN2O2/c1-13-6-4-7-15(12-13)10-11-17-19(14(2)23-24-21(17)25)16-8-5-9-18(22)20(16)26-3/h4-9,12H,10-11H2,1-3H3,(H,24,25). The molecule has 0 aliphatic heterocycles. The summed E-state index contributed by atoms with van der Waals surface area (Å²) in [6.45, 7) is 3.84. The molecule has 0 aliphatic carbocycles. The van der Waals surface area contributed by atoms with Crippen LogP contribution in [0.3, 0.4) is 0 Å². The fourth-order valence-corrected chi connectivity index (χ4v) is 3.24. The van der Waals surface area contributed by atoms with Crippen LogP contribution >= 0.6 is 0 Å². The lowest BCUT2D eigenvalue weighted by molar-refractivity contribution is 0.388. The molecule has 2 aromatic carbocycles. The van der Waals surface area contributed by atoms with Crippen LogP contribution in [0.4, 0.5) is 4.39 Å². The van der Waals surface area contributed by atoms with Gasteiger partial charge in [-0.1, -0.05) is 42.0 Å². The van der Waals surface area contributed by atoms with E-state index < -0.39 is 5.82 Å². The minimum atomic E-state index is -0.464. The van der Waals surface area contributed by atoms with Gasteiger partial charge in [-0.05, 0) is 38.3 Å². The number of aromatic amines is 1. The van der Waals surface area contributed by atoms with Gasteiger partial charge in [0.2, 0.25) is 0 Å². The molecular weight excluding hydrogens is 331 g/mol. The Kier molecular flexibility index (Phi) is 5.16. The van der Waals surface area contributed by atoms with Gasteiger partial charge in [0.15, 0.2) is 11.6 Å². The van der Waals surface area contributed by atoms with Crippen LogP contribution in [-0.4, -0.2) is 17.3 Å². The second-order valence-electron chi connectivity index (χ2n) is 6.30. The summed E-state index contributed by atoms with van der Waals surface area (Å²) in [7, 11) is 1.42. The minimum absolute atomic E-state index is 0.125. The molecule has 3 aromatic rings. The Morgan fingerprint density at radius 2 is 1.88 bits per heavy atom. The molecule has 0 fully saturated rings. The topological polar surface area (TPSA) is 55.0 Å². The van der Waals surface area contributed by atoms with Gasteiger partial charge in [0.05, 0.1) is 12.8 Å². The van der Waals surface area contributed by atoms with Gasteiger partial charge in [0.25, 0.3) is 5.56 Å². The Hall–Kier alpha value is -2.95. The van der Waals surface area contributed by atoms with E-state index in [1.54, 1.807) is 19.1 Å². The molecule has 0 spiro atoms. The number of aryl methyl sites for hydroxylation is 3. The highest BCUT2D eigenvalue weighted by molar-refractivity contribution is 5.75. The normalized spacial score (nSPS) is 10.8. The van der Waals surface area contributed by atoms with E-state index in [0.29, 0.717) is 35.2 Å². The van der Waals surface area contributed by atoms with Crippen LogP contribution in [0.25, 0.3) is 11.1 Å². The molecule has 0 saturated heterocycles. The maximum Gasteiger partial charge on any atom is 0.268 e. The highest BCUT2D eigenvalue weighted by atomic mass is 19.1. The number of halogens is 1. The summed E-state index contributed by atoms with van der Waals surface area (Å²) in [6, 6.07) is 12.9. The molecule has 0 amide bonds. The molecule has 1 heterocycles. The van der Waals surface area contributed by atoms with Gasteiger partial charge in [-0.2, -0.15) is 5.10 Å². The zero-order valence-corrected chi connectivity index (χ0v) is 15.1. The number of nitrogens with one attached hydrogen (secondary N) is 1. The van der Waals surface area contributed by atoms with Crippen LogP contribution in [0.1, 0.15) is 22.4 Å². The number of rotatable bonds is 5. The van der Waals surface area contributed by atoms with E-state index in [1.807, 2.05) is 25.1 Å². The first-order valence-electron chi connectivity index (χ1n) is 8.48. The third kappa shape index (κ3) is 3.52. The van der Waals surface area contributed by atoms with Gasteiger partial charge in [-0.15, -0.1) is 0 Å². The van der Waals surface area contributed by atoms with Crippen LogP contribution in [0.15, 0.2) is 47.3 Å². The summed E-state index contributed by atoms with van der Waals surface area (Å²) in [4.78, 5) is 12.5. The molecule has 0 bridgehead atoms. The molecule has 3 rings (SSSR count). The fraction of sp³-hybridized carbons (Fsp3) is 0.238. The Morgan fingerprint density at radius 3 is 2.62 bits per heavy atom. The molecule has 0 unspecified atom stereocenters. The summed E-state index contributed by atoms with van der Waals surface area (Å²) in [5, 5.41) is 6.61. The van der Waals surface area contributed by atoms with Crippen LogP contribution < -0.4 is 10.3 Å². The quantitative estimate of drug-likeness (QED) is 0.755. The number of nitrogens with zero attached hydrogens (tertiary/aromatic N) is 1. The fourth-order valence-electron chi connectivity index (χ4n) is 3.24. The maximum atomic E-state index is 14.2. The summed E-state index contributed by atoms with van der Waals surface area (Å²) in [5.41, 5.74) is 4.46. The van der Waals surface area contributed by atoms with Crippen molar-refractivity contribution in [3.8, 4) is 16.9 Å². The van der Waals surface area contributed by atoms with E-state index in [1.165, 1.54) is 18.7 Å². The van der Waals surface area contributed by atoms with Crippen LogP contribution in [0.5, 0.6) is 5.75 Å². The first-order chi connectivity index (χ1) is 12.5. The van der Waals surface area contributed by atoms with Crippen molar-refractivity contribution >= 4 is 0 Å². The monoisotopic (exact) mass is 352 g/mol. The van der Waals surface area contributed by atoms with E-state index >= 15 is 0 Å². The smallest absolute Gasteiger partial charge is 0.268 e. The number of para-hydroxylation sites is 1. The number of H-pyrrole nitrogens is 1. The minimum Gasteiger partial charge on any atom is -0.493 e. The zero-order chi connectivity index (χ0) is 18.7. The molecule has 0 saturated carbocycles. The lowest BCUT2D eigenvalue weighted by Gasteiger charge is -2.15. The molecule has 0 radical (unpaired) electrons. The second-order valence-corrected chi connectivity index (χ2v) is 6.30. The van der Waals surface area contributed by atoms with Gasteiger partial charge in [0.1, 0.15) is 0 Å². The summed E-state index contributed by atoms with van der Waals surface area (Å²) in [6.07, 6.45) is 1.23. The molecule has 5 heteroatoms. The lowest BCUT2D eigenvalue weighted by atomic mass is 9.94. The van der Waals surface area contributed by atoms with Crippen LogP contribution in [0.2, 0.25) is 0 Å². The molecule has 4 nitrogen and oxygen atoms in total. The SMILES string of the molecule is COc1c(F)cccc1-c1c(C)n[nH]c(=O)c1CCc1cccc(C)c1. The Balaban J connectivity index is 2.08. The highest BCUT2D eigenvalue weighted by Gasteiger charge is 2.19. The summed E-state index contributed by atoms with van der Waals surface area (Å²) < 4.78 is 19.4. The average molecular weight is 352 g/mol. The third-order valence-corrected chi connectivity index (χ3v) is 4.45. The van der Waals surface area contributed by atoms with Crippen molar-refractivity contribution in [2.45, 2.75) is 26.7 Å². The number of ether oxygens (including phenoxy) is 1. The van der Waals surface area contributed by atoms with E-state index in [-0.39, 0.29) is 11.3 Å². The Morgan fingerprint density at radius 1 is 1.12 bits per heavy atom. The Labute approximate surface area is 151 Å². The van der Waals surface area contributed by atoms with Crippen molar-refractivity contribution in [3.63, 3.8) is 0 Å². The first kappa shape index (κ1) is 17.9. The number of hydrogen-bond acceptors (Lipinski definition) is 3. The van der Waals surface area contributed by atoms with Crippen LogP contribution in [0, 0.1) is 19.7 Å². The van der Waals surface area contributed by atoms with E-state index in [9.17, 15) is 9.18 Å². The second kappa shape index (κ2) is 7.52. The largest absolute Gasteiger partial charge is 0.493 e. The predicted molar refractivity (Wildman–Crippen MR) is 100 cm³/mol. The first-order valence-corrected chi connectivity index (χ1v) is 8.48. The maximum absolute atomic E-state index is 14.2. The number of aromatic nitrogens is 2. The molecule has 1 aromatic heterocycles. The van der Waals surface area contributed by atoms with Crippen LogP contribution in [-0.2, 0) is 12.8 Å². The van der Waals surface area contributed by atoms with Crippen molar-refractivity contribution in [3.05, 3.63) is 81.0 Å². The molecule has 134 valence electrons. The molecule has 1 N–H and O–H groups in total. The zero-order valence-electron chi connectivity index (χ0n) is 15.1. The van der Waals surface area contributed by atoms with Gasteiger partial charge >= 0.3 is 0 Å². The van der Waals surface area contributed by atoms with Gasteiger partial charge in [-0.3, -0.25) is 4.79 Å². The Bertz CT molecular complexity index is 996. The predicted octanol–water partition coefficient (Wildman–Crippen LogP) is 3.99. The van der Waals surface area contributed by atoms with Gasteiger partial charge < -0.3 is 4.74 Å². The van der Waals surface area contributed by atoms with E-state index in [0.717, 1.165) is 5.56 Å². The number of hydrogen-bond donors (Lipinski definition) is 1. The average Bonchev–Trinajstić information content (AvgIpc) is 2.62. The lowest BCUT2D eigenvalue weighted by Crippen LogP contribution is -2.18. The van der Waals surface area contributed by atoms with Crippen molar-refractivity contribution in [1.29, 1.82) is 0 Å². The van der Waals surface area contributed by atoms with Crippen molar-refractivity contribution in [2.24, 2.45) is 0 Å². The number of methoxy groups -OCH3 is 1. The van der Waals surface area contributed by atoms with Crippen molar-refractivity contribution < 1.29 is 9.13 Å². The molecular formula is C21H21FN2O2. The van der Waals surface area contributed by atoms with Gasteiger partial charge in [-0.25, -0.2) is 9.49 Å². The summed E-state index contributed by atoms with van der Waals surface area (Å²) >= 11 is 0. The third-order valence-electron chi connectivity index (χ3n) is 4.45. The van der Waals surface area contributed by atoms with Gasteiger partial charge in [0, 0.05) is 16.7 Å². The highest BCUT2D eigenvalue weighted by Crippen LogP contribution is 2.35. The van der Waals surface area contributed by atoms with Crippen molar-refractivity contribution in [2.75, 3.05) is 7.11 Å².